The molecule has 1 amide bonds. The molecule has 3 aromatic carbocycles. The second-order valence-electron chi connectivity index (χ2n) is 8.65. The molecule has 0 saturated carbocycles. The lowest BCUT2D eigenvalue weighted by molar-refractivity contribution is -0.384. The van der Waals surface area contributed by atoms with Crippen molar-refractivity contribution in [2.24, 2.45) is 0 Å². The number of hydrogen-bond donors (Lipinski definition) is 0. The first-order valence-electron chi connectivity index (χ1n) is 9.98. The summed E-state index contributed by atoms with van der Waals surface area (Å²) in [7, 11) is 0. The van der Waals surface area contributed by atoms with Crippen molar-refractivity contribution in [2.75, 3.05) is 4.90 Å². The zero-order valence-electron chi connectivity index (χ0n) is 17.3. The second kappa shape index (κ2) is 7.10. The number of nitro benzene ring substituents is 1. The third kappa shape index (κ3) is 3.16. The molecule has 0 radical (unpaired) electrons. The van der Waals surface area contributed by atoms with Crippen molar-refractivity contribution in [1.29, 1.82) is 0 Å². The number of benzene rings is 3. The zero-order chi connectivity index (χ0) is 21.5. The third-order valence-corrected chi connectivity index (χ3v) is 6.07. The van der Waals surface area contributed by atoms with Gasteiger partial charge in [0.25, 0.3) is 11.6 Å². The molecule has 0 unspecified atom stereocenters. The van der Waals surface area contributed by atoms with Crippen molar-refractivity contribution in [2.45, 2.75) is 38.1 Å². The number of non-ortho nitro benzene ring substituents is 1. The summed E-state index contributed by atoms with van der Waals surface area (Å²) in [5.74, 6) is -0.155. The topological polar surface area (TPSA) is 63.5 Å². The molecular weight excluding hydrogens is 376 g/mol. The van der Waals surface area contributed by atoms with Crippen molar-refractivity contribution >= 4 is 17.3 Å². The van der Waals surface area contributed by atoms with Crippen LogP contribution in [0.1, 0.15) is 48.7 Å². The number of fused-ring (bicyclic) bond motifs is 1. The molecule has 5 heteroatoms. The van der Waals surface area contributed by atoms with Gasteiger partial charge in [0.05, 0.1) is 4.92 Å². The van der Waals surface area contributed by atoms with Gasteiger partial charge in [-0.25, -0.2) is 0 Å². The average Bonchev–Trinajstić information content (AvgIpc) is 2.73. The summed E-state index contributed by atoms with van der Waals surface area (Å²) >= 11 is 0. The predicted octanol–water partition coefficient (Wildman–Crippen LogP) is 5.73. The summed E-state index contributed by atoms with van der Waals surface area (Å²) in [6, 6.07) is 24.2. The van der Waals surface area contributed by atoms with E-state index in [-0.39, 0.29) is 17.0 Å². The molecule has 1 atom stereocenters. The smallest absolute Gasteiger partial charge is 0.269 e. The summed E-state index contributed by atoms with van der Waals surface area (Å²) in [6.07, 6.45) is 0.750. The van der Waals surface area contributed by atoms with Crippen LogP contribution in [0.4, 0.5) is 11.4 Å². The van der Waals surface area contributed by atoms with Crippen LogP contribution in [0.15, 0.2) is 78.9 Å². The lowest BCUT2D eigenvalue weighted by atomic mass is 9.65. The van der Waals surface area contributed by atoms with E-state index in [0.717, 1.165) is 17.7 Å². The van der Waals surface area contributed by atoms with Gasteiger partial charge in [0.15, 0.2) is 0 Å². The van der Waals surface area contributed by atoms with E-state index in [9.17, 15) is 14.9 Å². The molecule has 0 aromatic heterocycles. The van der Waals surface area contributed by atoms with Gasteiger partial charge in [-0.3, -0.25) is 14.9 Å². The molecule has 1 aliphatic heterocycles. The van der Waals surface area contributed by atoms with E-state index in [2.05, 4.69) is 39.0 Å². The van der Waals surface area contributed by atoms with Crippen molar-refractivity contribution in [3.8, 4) is 0 Å². The number of nitrogens with zero attached hydrogens (tertiary/aromatic N) is 2. The van der Waals surface area contributed by atoms with E-state index in [1.165, 1.54) is 29.8 Å². The molecule has 0 bridgehead atoms. The van der Waals surface area contributed by atoms with Crippen LogP contribution in [0.25, 0.3) is 0 Å². The van der Waals surface area contributed by atoms with E-state index in [1.807, 2.05) is 41.3 Å². The number of anilines is 1. The molecule has 1 heterocycles. The number of carbonyl (C=O) groups is 1. The highest BCUT2D eigenvalue weighted by Gasteiger charge is 2.47. The maximum atomic E-state index is 13.6. The average molecular weight is 400 g/mol. The molecule has 0 spiro atoms. The monoisotopic (exact) mass is 400 g/mol. The molecule has 1 aliphatic rings. The van der Waals surface area contributed by atoms with Crippen LogP contribution in [-0.2, 0) is 5.41 Å². The second-order valence-corrected chi connectivity index (χ2v) is 8.65. The van der Waals surface area contributed by atoms with Gasteiger partial charge < -0.3 is 4.90 Å². The minimum atomic E-state index is -0.461. The molecule has 30 heavy (non-hydrogen) atoms. The Bertz CT molecular complexity index is 1110. The van der Waals surface area contributed by atoms with Crippen molar-refractivity contribution in [3.63, 3.8) is 0 Å². The minimum absolute atomic E-state index is 0.0264. The molecule has 0 fully saturated rings. The Morgan fingerprint density at radius 3 is 2.13 bits per heavy atom. The van der Waals surface area contributed by atoms with E-state index in [1.54, 1.807) is 0 Å². The number of amides is 1. The normalized spacial score (nSPS) is 19.8. The molecule has 5 nitrogen and oxygen atoms in total. The van der Waals surface area contributed by atoms with Crippen LogP contribution in [0.5, 0.6) is 0 Å². The summed E-state index contributed by atoms with van der Waals surface area (Å²) in [5.41, 5.74) is 2.90. The number of nitro groups is 1. The highest BCUT2D eigenvalue weighted by molar-refractivity contribution is 6.08. The van der Waals surface area contributed by atoms with Crippen LogP contribution in [0, 0.1) is 10.1 Å². The van der Waals surface area contributed by atoms with Gasteiger partial charge in [-0.15, -0.1) is 0 Å². The van der Waals surface area contributed by atoms with Crippen molar-refractivity contribution in [3.05, 3.63) is 106 Å². The first-order valence-corrected chi connectivity index (χ1v) is 9.98. The van der Waals surface area contributed by atoms with E-state index < -0.39 is 10.5 Å². The van der Waals surface area contributed by atoms with E-state index >= 15 is 0 Å². The Hall–Kier alpha value is -3.47. The SMILES string of the molecule is CC1(C)C[C@](C)(c2ccccc2)c2ccccc2N1C(=O)c1ccc([N+](=O)[O-])cc1. The standard InChI is InChI=1S/C25H24N2O3/c1-24(2)17-25(3,19-9-5-4-6-10-19)21-11-7-8-12-22(21)26(24)23(28)18-13-15-20(16-14-18)27(29)30/h4-16H,17H2,1-3H3/t25-/m1/s1. The first kappa shape index (κ1) is 19.8. The fourth-order valence-electron chi connectivity index (χ4n) is 4.80. The Kier molecular flexibility index (Phi) is 4.69. The van der Waals surface area contributed by atoms with Crippen LogP contribution in [-0.4, -0.2) is 16.4 Å². The van der Waals surface area contributed by atoms with Crippen LogP contribution in [0.3, 0.4) is 0 Å². The first-order chi connectivity index (χ1) is 14.2. The highest BCUT2D eigenvalue weighted by atomic mass is 16.6. The third-order valence-electron chi connectivity index (χ3n) is 6.07. The maximum absolute atomic E-state index is 13.6. The zero-order valence-corrected chi connectivity index (χ0v) is 17.3. The molecule has 152 valence electrons. The Morgan fingerprint density at radius 1 is 0.900 bits per heavy atom. The summed E-state index contributed by atoms with van der Waals surface area (Å²) in [5, 5.41) is 11.0. The Morgan fingerprint density at radius 2 is 1.50 bits per heavy atom. The molecule has 3 aromatic rings. The van der Waals surface area contributed by atoms with Crippen LogP contribution < -0.4 is 4.90 Å². The highest BCUT2D eigenvalue weighted by Crippen LogP contribution is 2.50. The maximum Gasteiger partial charge on any atom is 0.269 e. The summed E-state index contributed by atoms with van der Waals surface area (Å²) in [6.45, 7) is 6.39. The minimum Gasteiger partial charge on any atom is -0.302 e. The van der Waals surface area contributed by atoms with Crippen molar-refractivity contribution < 1.29 is 9.72 Å². The van der Waals surface area contributed by atoms with Gasteiger partial charge in [-0.1, -0.05) is 55.5 Å². The van der Waals surface area contributed by atoms with Gasteiger partial charge in [0, 0.05) is 34.3 Å². The van der Waals surface area contributed by atoms with Gasteiger partial charge in [0.1, 0.15) is 0 Å². The van der Waals surface area contributed by atoms with Crippen LogP contribution >= 0.6 is 0 Å². The van der Waals surface area contributed by atoms with E-state index in [4.69, 9.17) is 0 Å². The van der Waals surface area contributed by atoms with Gasteiger partial charge in [-0.05, 0) is 49.6 Å². The lowest BCUT2D eigenvalue weighted by Crippen LogP contribution is -2.55. The van der Waals surface area contributed by atoms with Crippen molar-refractivity contribution in [1.82, 2.24) is 0 Å². The van der Waals surface area contributed by atoms with Gasteiger partial charge >= 0.3 is 0 Å². The molecule has 4 rings (SSSR count). The fourth-order valence-corrected chi connectivity index (χ4v) is 4.80. The molecule has 0 N–H and O–H groups in total. The lowest BCUT2D eigenvalue weighted by Gasteiger charge is -2.51. The number of hydrogen-bond acceptors (Lipinski definition) is 3. The number of para-hydroxylation sites is 1. The van der Waals surface area contributed by atoms with Gasteiger partial charge in [-0.2, -0.15) is 0 Å². The fraction of sp³-hybridized carbons (Fsp3) is 0.240. The van der Waals surface area contributed by atoms with Crippen LogP contribution in [0.2, 0.25) is 0 Å². The Labute approximate surface area is 176 Å². The number of carbonyl (C=O) groups excluding carboxylic acids is 1. The summed E-state index contributed by atoms with van der Waals surface area (Å²) < 4.78 is 0. The molecular formula is C25H24N2O3. The molecule has 0 saturated heterocycles. The van der Waals surface area contributed by atoms with E-state index in [0.29, 0.717) is 5.56 Å². The largest absolute Gasteiger partial charge is 0.302 e. The Balaban J connectivity index is 1.83. The molecule has 0 aliphatic carbocycles. The van der Waals surface area contributed by atoms with Gasteiger partial charge in [0.2, 0.25) is 0 Å². The predicted molar refractivity (Wildman–Crippen MR) is 118 cm³/mol. The summed E-state index contributed by atoms with van der Waals surface area (Å²) in [4.78, 5) is 25.9. The quantitative estimate of drug-likeness (QED) is 0.417. The number of rotatable bonds is 3.